The van der Waals surface area contributed by atoms with Gasteiger partial charge in [-0.25, -0.2) is 8.78 Å². The van der Waals surface area contributed by atoms with E-state index in [0.717, 1.165) is 17.3 Å². The summed E-state index contributed by atoms with van der Waals surface area (Å²) in [4.78, 5) is 4.29. The molecule has 1 atom stereocenters. The van der Waals surface area contributed by atoms with Gasteiger partial charge in [-0.2, -0.15) is 0 Å². The van der Waals surface area contributed by atoms with Crippen molar-refractivity contribution >= 4 is 0 Å². The zero-order valence-corrected chi connectivity index (χ0v) is 11.0. The zero-order chi connectivity index (χ0) is 13.8. The molecule has 0 amide bonds. The van der Waals surface area contributed by atoms with E-state index >= 15 is 0 Å². The van der Waals surface area contributed by atoms with Crippen LogP contribution in [-0.4, -0.2) is 12.0 Å². The molecule has 0 spiro atoms. The number of likely N-dealkylation sites (N-methyl/N-ethyl adjacent to an activating group) is 1. The van der Waals surface area contributed by atoms with E-state index in [1.54, 1.807) is 19.3 Å². The molecule has 0 aliphatic carbocycles. The first-order valence-electron chi connectivity index (χ1n) is 6.15. The van der Waals surface area contributed by atoms with Crippen LogP contribution < -0.4 is 5.32 Å². The number of pyridine rings is 1. The summed E-state index contributed by atoms with van der Waals surface area (Å²) in [5.74, 6) is -1.62. The van der Waals surface area contributed by atoms with Crippen molar-refractivity contribution < 1.29 is 8.78 Å². The predicted molar refractivity (Wildman–Crippen MR) is 70.8 cm³/mol. The van der Waals surface area contributed by atoms with Crippen LogP contribution in [0.4, 0.5) is 8.78 Å². The summed E-state index contributed by atoms with van der Waals surface area (Å²) in [5, 5.41) is 3.02. The lowest BCUT2D eigenvalue weighted by atomic mass is 9.99. The van der Waals surface area contributed by atoms with Crippen molar-refractivity contribution in [3.8, 4) is 0 Å². The van der Waals surface area contributed by atoms with Gasteiger partial charge in [-0.3, -0.25) is 4.98 Å². The first kappa shape index (κ1) is 13.6. The van der Waals surface area contributed by atoms with Crippen LogP contribution in [-0.2, 0) is 6.42 Å². The summed E-state index contributed by atoms with van der Waals surface area (Å²) in [5.41, 5.74) is 2.25. The van der Waals surface area contributed by atoms with E-state index in [4.69, 9.17) is 0 Å². The molecule has 2 nitrogen and oxygen atoms in total. The summed E-state index contributed by atoms with van der Waals surface area (Å²) in [7, 11) is 1.73. The van der Waals surface area contributed by atoms with Gasteiger partial charge in [0.25, 0.3) is 0 Å². The molecule has 0 aliphatic rings. The Morgan fingerprint density at radius 2 is 2.00 bits per heavy atom. The van der Waals surface area contributed by atoms with Crippen LogP contribution >= 0.6 is 0 Å². The van der Waals surface area contributed by atoms with Crippen molar-refractivity contribution in [3.63, 3.8) is 0 Å². The Morgan fingerprint density at radius 3 is 2.68 bits per heavy atom. The average Bonchev–Trinajstić information content (AvgIpc) is 2.41. The molecule has 1 aromatic carbocycles. The molecule has 0 fully saturated rings. The van der Waals surface area contributed by atoms with Gasteiger partial charge in [0.1, 0.15) is 0 Å². The quantitative estimate of drug-likeness (QED) is 0.915. The van der Waals surface area contributed by atoms with Gasteiger partial charge in [-0.15, -0.1) is 0 Å². The summed E-state index contributed by atoms with van der Waals surface area (Å²) < 4.78 is 27.1. The zero-order valence-electron chi connectivity index (χ0n) is 11.0. The Morgan fingerprint density at radius 1 is 1.21 bits per heavy atom. The third-order valence-electron chi connectivity index (χ3n) is 3.22. The highest BCUT2D eigenvalue weighted by atomic mass is 19.2. The van der Waals surface area contributed by atoms with Gasteiger partial charge in [0, 0.05) is 29.9 Å². The lowest BCUT2D eigenvalue weighted by Crippen LogP contribution is -2.21. The Balaban J connectivity index is 2.31. The summed E-state index contributed by atoms with van der Waals surface area (Å²) >= 11 is 0. The van der Waals surface area contributed by atoms with Gasteiger partial charge in [0.15, 0.2) is 11.6 Å². The molecule has 1 aromatic heterocycles. The van der Waals surface area contributed by atoms with Crippen LogP contribution in [0, 0.1) is 18.6 Å². The molecule has 0 aliphatic heterocycles. The predicted octanol–water partition coefficient (Wildman–Crippen LogP) is 3.17. The van der Waals surface area contributed by atoms with Crippen LogP contribution in [0.5, 0.6) is 0 Å². The van der Waals surface area contributed by atoms with Crippen molar-refractivity contribution in [2.24, 2.45) is 0 Å². The third-order valence-corrected chi connectivity index (χ3v) is 3.22. The Kier molecular flexibility index (Phi) is 4.22. The second-order valence-corrected chi connectivity index (χ2v) is 4.46. The standard InChI is InChI=1S/C15H16F2N2/c1-10-5-4-8-19-13(10)9-14(18-2)11-6-3-7-12(16)15(11)17/h3-8,14,18H,9H2,1-2H3. The SMILES string of the molecule is CNC(Cc1ncccc1C)c1cccc(F)c1F. The minimum atomic E-state index is -0.824. The normalized spacial score (nSPS) is 12.4. The first-order valence-corrected chi connectivity index (χ1v) is 6.15. The molecule has 2 aromatic rings. The Labute approximate surface area is 111 Å². The van der Waals surface area contributed by atoms with Crippen LogP contribution in [0.1, 0.15) is 22.9 Å². The van der Waals surface area contributed by atoms with Crippen molar-refractivity contribution in [1.29, 1.82) is 0 Å². The first-order chi connectivity index (χ1) is 9.13. The minimum absolute atomic E-state index is 0.302. The lowest BCUT2D eigenvalue weighted by Gasteiger charge is -2.18. The second-order valence-electron chi connectivity index (χ2n) is 4.46. The highest BCUT2D eigenvalue weighted by Crippen LogP contribution is 2.23. The highest BCUT2D eigenvalue weighted by molar-refractivity contribution is 5.26. The van der Waals surface area contributed by atoms with Crippen molar-refractivity contribution in [2.45, 2.75) is 19.4 Å². The van der Waals surface area contributed by atoms with Gasteiger partial charge in [-0.05, 0) is 31.7 Å². The molecule has 0 bridgehead atoms. The van der Waals surface area contributed by atoms with Crippen LogP contribution in [0.25, 0.3) is 0 Å². The molecule has 0 saturated heterocycles. The second kappa shape index (κ2) is 5.89. The minimum Gasteiger partial charge on any atom is -0.313 e. The topological polar surface area (TPSA) is 24.9 Å². The molecule has 2 rings (SSSR count). The van der Waals surface area contributed by atoms with E-state index in [0.29, 0.717) is 12.0 Å². The monoisotopic (exact) mass is 262 g/mol. The van der Waals surface area contributed by atoms with E-state index in [1.165, 1.54) is 6.07 Å². The van der Waals surface area contributed by atoms with Crippen LogP contribution in [0.2, 0.25) is 0 Å². The van der Waals surface area contributed by atoms with Gasteiger partial charge >= 0.3 is 0 Å². The molecular formula is C15H16F2N2. The van der Waals surface area contributed by atoms with E-state index in [2.05, 4.69) is 10.3 Å². The van der Waals surface area contributed by atoms with Crippen LogP contribution in [0.3, 0.4) is 0 Å². The number of aromatic nitrogens is 1. The fourth-order valence-electron chi connectivity index (χ4n) is 2.08. The number of nitrogens with zero attached hydrogens (tertiary/aromatic N) is 1. The fraction of sp³-hybridized carbons (Fsp3) is 0.267. The largest absolute Gasteiger partial charge is 0.313 e. The summed E-state index contributed by atoms with van der Waals surface area (Å²) in [6.45, 7) is 1.96. The lowest BCUT2D eigenvalue weighted by molar-refractivity contribution is 0.471. The van der Waals surface area contributed by atoms with Gasteiger partial charge in [0.2, 0.25) is 0 Å². The maximum absolute atomic E-state index is 13.8. The number of benzene rings is 1. The smallest absolute Gasteiger partial charge is 0.163 e. The average molecular weight is 262 g/mol. The molecule has 1 heterocycles. The summed E-state index contributed by atoms with van der Waals surface area (Å²) in [6, 6.07) is 7.75. The van der Waals surface area contributed by atoms with E-state index in [1.807, 2.05) is 19.1 Å². The maximum Gasteiger partial charge on any atom is 0.163 e. The molecule has 1 N–H and O–H groups in total. The van der Waals surface area contributed by atoms with Gasteiger partial charge in [-0.1, -0.05) is 18.2 Å². The fourth-order valence-corrected chi connectivity index (χ4v) is 2.08. The van der Waals surface area contributed by atoms with Gasteiger partial charge < -0.3 is 5.32 Å². The number of rotatable bonds is 4. The number of halogens is 2. The Bertz CT molecular complexity index is 570. The summed E-state index contributed by atoms with van der Waals surface area (Å²) in [6.07, 6.45) is 2.22. The maximum atomic E-state index is 13.8. The number of hydrogen-bond donors (Lipinski definition) is 1. The van der Waals surface area contributed by atoms with Gasteiger partial charge in [0.05, 0.1) is 0 Å². The number of nitrogens with one attached hydrogen (secondary N) is 1. The van der Waals surface area contributed by atoms with E-state index in [-0.39, 0.29) is 6.04 Å². The Hall–Kier alpha value is -1.81. The van der Waals surface area contributed by atoms with E-state index < -0.39 is 11.6 Å². The molecule has 4 heteroatoms. The third kappa shape index (κ3) is 2.96. The van der Waals surface area contributed by atoms with Crippen molar-refractivity contribution in [1.82, 2.24) is 10.3 Å². The molecule has 100 valence electrons. The molecular weight excluding hydrogens is 246 g/mol. The van der Waals surface area contributed by atoms with Crippen molar-refractivity contribution in [2.75, 3.05) is 7.05 Å². The number of hydrogen-bond acceptors (Lipinski definition) is 2. The van der Waals surface area contributed by atoms with E-state index in [9.17, 15) is 8.78 Å². The van der Waals surface area contributed by atoms with Crippen LogP contribution in [0.15, 0.2) is 36.5 Å². The molecule has 1 unspecified atom stereocenters. The highest BCUT2D eigenvalue weighted by Gasteiger charge is 2.18. The molecule has 0 radical (unpaired) electrons. The molecule has 19 heavy (non-hydrogen) atoms. The molecule has 0 saturated carbocycles. The van der Waals surface area contributed by atoms with Crippen molar-refractivity contribution in [3.05, 3.63) is 65.0 Å². The number of aryl methyl sites for hydroxylation is 1.